The number of aromatic amines is 1. The van der Waals surface area contributed by atoms with Gasteiger partial charge < -0.3 is 9.88 Å². The van der Waals surface area contributed by atoms with E-state index in [2.05, 4.69) is 15.0 Å². The molecule has 1 aliphatic rings. The van der Waals surface area contributed by atoms with Gasteiger partial charge in [-0.3, -0.25) is 9.78 Å². The minimum Gasteiger partial charge on any atom is -0.336 e. The van der Waals surface area contributed by atoms with Gasteiger partial charge in [0.2, 0.25) is 5.16 Å². The topological polar surface area (TPSA) is 99.3 Å². The number of fused-ring (bicyclic) bond motifs is 1. The number of hydrogen-bond acceptors (Lipinski definition) is 5. The zero-order valence-electron chi connectivity index (χ0n) is 17.5. The van der Waals surface area contributed by atoms with Crippen LogP contribution in [0.5, 0.6) is 0 Å². The van der Waals surface area contributed by atoms with Crippen LogP contribution in [0, 0.1) is 0 Å². The number of imidazole rings is 1. The predicted molar refractivity (Wildman–Crippen MR) is 125 cm³/mol. The van der Waals surface area contributed by atoms with Gasteiger partial charge in [0, 0.05) is 49.2 Å². The van der Waals surface area contributed by atoms with E-state index in [0.29, 0.717) is 34.7 Å². The fraction of sp³-hybridized carbons (Fsp3) is 0.174. The molecule has 1 N–H and O–H groups in total. The molecular weight excluding hydrogens is 462 g/mol. The first kappa shape index (κ1) is 21.6. The van der Waals surface area contributed by atoms with E-state index in [-0.39, 0.29) is 24.2 Å². The van der Waals surface area contributed by atoms with Crippen LogP contribution in [0.3, 0.4) is 0 Å². The van der Waals surface area contributed by atoms with Crippen molar-refractivity contribution in [1.29, 1.82) is 0 Å². The number of aromatic nitrogens is 3. The van der Waals surface area contributed by atoms with Crippen LogP contribution in [0.2, 0.25) is 5.02 Å². The quantitative estimate of drug-likeness (QED) is 0.481. The molecule has 1 amide bonds. The van der Waals surface area contributed by atoms with Crippen LogP contribution >= 0.6 is 11.6 Å². The number of rotatable bonds is 4. The summed E-state index contributed by atoms with van der Waals surface area (Å²) in [5.74, 6) is -0.119. The highest BCUT2D eigenvalue weighted by Gasteiger charge is 2.32. The zero-order chi connectivity index (χ0) is 23.0. The van der Waals surface area contributed by atoms with Crippen molar-refractivity contribution in [2.45, 2.75) is 5.16 Å². The lowest BCUT2D eigenvalue weighted by molar-refractivity contribution is 0.0697. The molecule has 0 saturated carbocycles. The number of nitrogens with zero attached hydrogens (tertiary/aromatic N) is 4. The molecule has 2 aromatic carbocycles. The fourth-order valence-corrected chi connectivity index (χ4v) is 5.38. The summed E-state index contributed by atoms with van der Waals surface area (Å²) in [7, 11) is -3.81. The summed E-state index contributed by atoms with van der Waals surface area (Å²) in [4.78, 5) is 25.7. The number of nitrogens with one attached hydrogen (secondary N) is 1. The number of sulfonamides is 1. The molecule has 168 valence electrons. The largest absolute Gasteiger partial charge is 0.336 e. The lowest BCUT2D eigenvalue weighted by atomic mass is 10.0. The van der Waals surface area contributed by atoms with Gasteiger partial charge in [-0.1, -0.05) is 23.7 Å². The zero-order valence-corrected chi connectivity index (χ0v) is 19.1. The number of benzene rings is 2. The van der Waals surface area contributed by atoms with Gasteiger partial charge in [-0.05, 0) is 53.6 Å². The van der Waals surface area contributed by atoms with Crippen molar-refractivity contribution in [3.63, 3.8) is 0 Å². The van der Waals surface area contributed by atoms with Crippen molar-refractivity contribution in [2.24, 2.45) is 0 Å². The second-order valence-electron chi connectivity index (χ2n) is 7.71. The van der Waals surface area contributed by atoms with Gasteiger partial charge in [-0.25, -0.2) is 13.4 Å². The standard InChI is InChI=1S/C23H20ClN5O3S/c24-19-5-6-20-21(15-19)27-23(26-20)33(31,32)29-13-11-28(12-14-29)22(30)18-3-1-16(2-4-18)17-7-9-25-10-8-17/h1-10,15H,11-14H2,(H,26,27). The number of carbonyl (C=O) groups is 1. The minimum atomic E-state index is -3.81. The molecule has 0 aliphatic carbocycles. The molecule has 4 aromatic rings. The summed E-state index contributed by atoms with van der Waals surface area (Å²) in [6.45, 7) is 0.994. The molecule has 0 radical (unpaired) electrons. The summed E-state index contributed by atoms with van der Waals surface area (Å²) in [5, 5.41) is 0.377. The Bertz CT molecular complexity index is 1410. The molecular formula is C23H20ClN5O3S. The van der Waals surface area contributed by atoms with Crippen LogP contribution < -0.4 is 0 Å². The first-order valence-corrected chi connectivity index (χ1v) is 12.2. The molecule has 0 bridgehead atoms. The van der Waals surface area contributed by atoms with E-state index in [9.17, 15) is 13.2 Å². The maximum atomic E-state index is 13.1. The third-order valence-electron chi connectivity index (χ3n) is 5.68. The van der Waals surface area contributed by atoms with Crippen molar-refractivity contribution in [3.8, 4) is 11.1 Å². The third kappa shape index (κ3) is 4.22. The Morgan fingerprint density at radius 1 is 0.909 bits per heavy atom. The summed E-state index contributed by atoms with van der Waals surface area (Å²) in [6, 6.07) is 16.2. The van der Waals surface area contributed by atoms with Crippen molar-refractivity contribution >= 4 is 38.6 Å². The highest BCUT2D eigenvalue weighted by Crippen LogP contribution is 2.23. The second kappa shape index (κ2) is 8.58. The molecule has 0 spiro atoms. The fourth-order valence-electron chi connectivity index (χ4n) is 3.87. The number of halogens is 1. The highest BCUT2D eigenvalue weighted by molar-refractivity contribution is 7.89. The van der Waals surface area contributed by atoms with E-state index >= 15 is 0 Å². The summed E-state index contributed by atoms with van der Waals surface area (Å²) in [6.07, 6.45) is 3.45. The Kier molecular flexibility index (Phi) is 5.61. The number of pyridine rings is 1. The van der Waals surface area contributed by atoms with Gasteiger partial charge in [0.05, 0.1) is 11.0 Å². The lowest BCUT2D eigenvalue weighted by Gasteiger charge is -2.33. The van der Waals surface area contributed by atoms with E-state index < -0.39 is 10.0 Å². The Balaban J connectivity index is 1.26. The van der Waals surface area contributed by atoms with Gasteiger partial charge in [0.25, 0.3) is 15.9 Å². The van der Waals surface area contributed by atoms with Crippen molar-refractivity contribution in [3.05, 3.63) is 77.6 Å². The van der Waals surface area contributed by atoms with Crippen molar-refractivity contribution in [1.82, 2.24) is 24.2 Å². The van der Waals surface area contributed by atoms with Crippen LogP contribution in [0.1, 0.15) is 10.4 Å². The van der Waals surface area contributed by atoms with E-state index in [1.807, 2.05) is 24.3 Å². The van der Waals surface area contributed by atoms with Crippen LogP contribution in [-0.4, -0.2) is 64.7 Å². The van der Waals surface area contributed by atoms with E-state index in [4.69, 9.17) is 11.6 Å². The van der Waals surface area contributed by atoms with Crippen LogP contribution in [0.15, 0.2) is 72.1 Å². The highest BCUT2D eigenvalue weighted by atomic mass is 35.5. The molecule has 1 aliphatic heterocycles. The Labute approximate surface area is 195 Å². The smallest absolute Gasteiger partial charge is 0.276 e. The van der Waals surface area contributed by atoms with Gasteiger partial charge in [-0.2, -0.15) is 4.31 Å². The van der Waals surface area contributed by atoms with Gasteiger partial charge >= 0.3 is 0 Å². The van der Waals surface area contributed by atoms with E-state index in [1.165, 1.54) is 4.31 Å². The molecule has 1 fully saturated rings. The third-order valence-corrected chi connectivity index (χ3v) is 7.64. The van der Waals surface area contributed by atoms with Gasteiger partial charge in [-0.15, -0.1) is 0 Å². The number of piperazine rings is 1. The molecule has 1 saturated heterocycles. The molecule has 3 heterocycles. The number of H-pyrrole nitrogens is 1. The molecule has 0 unspecified atom stereocenters. The molecule has 0 atom stereocenters. The average Bonchev–Trinajstić information content (AvgIpc) is 3.28. The Morgan fingerprint density at radius 3 is 2.27 bits per heavy atom. The summed E-state index contributed by atoms with van der Waals surface area (Å²) in [5.41, 5.74) is 3.68. The van der Waals surface area contributed by atoms with E-state index in [1.54, 1.807) is 47.6 Å². The number of amides is 1. The Morgan fingerprint density at radius 2 is 1.58 bits per heavy atom. The first-order chi connectivity index (χ1) is 15.9. The average molecular weight is 482 g/mol. The lowest BCUT2D eigenvalue weighted by Crippen LogP contribution is -2.50. The maximum Gasteiger partial charge on any atom is 0.276 e. The van der Waals surface area contributed by atoms with Crippen molar-refractivity contribution < 1.29 is 13.2 Å². The normalized spacial score (nSPS) is 15.1. The van der Waals surface area contributed by atoms with Crippen molar-refractivity contribution in [2.75, 3.05) is 26.2 Å². The molecule has 5 rings (SSSR count). The molecule has 2 aromatic heterocycles. The van der Waals surface area contributed by atoms with Crippen LogP contribution in [0.25, 0.3) is 22.2 Å². The first-order valence-electron chi connectivity index (χ1n) is 10.4. The van der Waals surface area contributed by atoms with Gasteiger partial charge in [0.15, 0.2) is 0 Å². The van der Waals surface area contributed by atoms with Crippen LogP contribution in [0.4, 0.5) is 0 Å². The molecule has 33 heavy (non-hydrogen) atoms. The van der Waals surface area contributed by atoms with Crippen LogP contribution in [-0.2, 0) is 10.0 Å². The minimum absolute atomic E-state index is 0.119. The molecule has 8 nitrogen and oxygen atoms in total. The summed E-state index contributed by atoms with van der Waals surface area (Å²) >= 11 is 5.98. The SMILES string of the molecule is O=C(c1ccc(-c2ccncc2)cc1)N1CCN(S(=O)(=O)c2nc3ccc(Cl)cc3[nH]2)CC1. The molecule has 10 heteroatoms. The maximum absolute atomic E-state index is 13.1. The number of hydrogen-bond donors (Lipinski definition) is 1. The van der Waals surface area contributed by atoms with E-state index in [0.717, 1.165) is 11.1 Å². The summed E-state index contributed by atoms with van der Waals surface area (Å²) < 4.78 is 27.5. The predicted octanol–water partition coefficient (Wildman–Crippen LogP) is 3.43. The van der Waals surface area contributed by atoms with Gasteiger partial charge in [0.1, 0.15) is 0 Å². The monoisotopic (exact) mass is 481 g/mol. The Hall–Kier alpha value is -3.27. The second-order valence-corrected chi connectivity index (χ2v) is 10.0. The number of carbonyl (C=O) groups excluding carboxylic acids is 1.